The largest absolute Gasteiger partial charge is 0.360 e. The average molecular weight is 337 g/mol. The lowest BCUT2D eigenvalue weighted by molar-refractivity contribution is 0.102. The Bertz CT molecular complexity index is 871. The summed E-state index contributed by atoms with van der Waals surface area (Å²) in [6.07, 6.45) is 2.94. The van der Waals surface area contributed by atoms with Crippen molar-refractivity contribution in [2.45, 2.75) is 26.7 Å². The van der Waals surface area contributed by atoms with E-state index in [1.54, 1.807) is 13.0 Å². The summed E-state index contributed by atoms with van der Waals surface area (Å²) < 4.78 is 4.91. The van der Waals surface area contributed by atoms with Gasteiger partial charge < -0.3 is 15.2 Å². The molecule has 0 saturated carbocycles. The molecule has 0 atom stereocenters. The predicted octanol–water partition coefficient (Wildman–Crippen LogP) is 3.89. The van der Waals surface area contributed by atoms with Crippen LogP contribution in [0.5, 0.6) is 0 Å². The first-order valence-corrected chi connectivity index (χ1v) is 7.95. The number of amides is 1. The summed E-state index contributed by atoms with van der Waals surface area (Å²) in [5, 5.41) is 9.54. The molecule has 3 rings (SSSR count). The standard InChI is InChI=1S/C18H19N5O2/c1-11(2)14-6-4-5-7-15(14)21-18-19-9-13(10-20-18)17(24)22-16-8-12(3)25-23-16/h4-11H,1-3H3,(H,19,20,21)(H,22,23,24). The maximum absolute atomic E-state index is 12.1. The van der Waals surface area contributed by atoms with Crippen LogP contribution in [0.2, 0.25) is 0 Å². The monoisotopic (exact) mass is 337 g/mol. The fraction of sp³-hybridized carbons (Fsp3) is 0.222. The van der Waals surface area contributed by atoms with E-state index in [2.05, 4.69) is 45.7 Å². The van der Waals surface area contributed by atoms with Crippen LogP contribution in [0.1, 0.15) is 41.4 Å². The summed E-state index contributed by atoms with van der Waals surface area (Å²) in [6.45, 7) is 6.00. The van der Waals surface area contributed by atoms with Crippen molar-refractivity contribution >= 4 is 23.4 Å². The number of aromatic nitrogens is 3. The summed E-state index contributed by atoms with van der Waals surface area (Å²) >= 11 is 0. The zero-order valence-corrected chi connectivity index (χ0v) is 14.3. The maximum Gasteiger partial charge on any atom is 0.260 e. The molecule has 2 heterocycles. The van der Waals surface area contributed by atoms with Crippen molar-refractivity contribution in [1.29, 1.82) is 0 Å². The van der Waals surface area contributed by atoms with Crippen molar-refractivity contribution in [2.75, 3.05) is 10.6 Å². The predicted molar refractivity (Wildman–Crippen MR) is 95.0 cm³/mol. The van der Waals surface area contributed by atoms with Crippen LogP contribution in [0.4, 0.5) is 17.5 Å². The summed E-state index contributed by atoms with van der Waals surface area (Å²) in [4.78, 5) is 20.6. The molecule has 0 bridgehead atoms. The van der Waals surface area contributed by atoms with Gasteiger partial charge in [0, 0.05) is 24.1 Å². The van der Waals surface area contributed by atoms with E-state index >= 15 is 0 Å². The number of nitrogens with one attached hydrogen (secondary N) is 2. The zero-order chi connectivity index (χ0) is 17.8. The number of anilines is 3. The van der Waals surface area contributed by atoms with Gasteiger partial charge in [-0.1, -0.05) is 37.2 Å². The number of nitrogens with zero attached hydrogens (tertiary/aromatic N) is 3. The second-order valence-corrected chi connectivity index (χ2v) is 5.94. The molecule has 7 heteroatoms. The van der Waals surface area contributed by atoms with Gasteiger partial charge in [-0.05, 0) is 24.5 Å². The van der Waals surface area contributed by atoms with Gasteiger partial charge >= 0.3 is 0 Å². The van der Waals surface area contributed by atoms with Crippen molar-refractivity contribution in [1.82, 2.24) is 15.1 Å². The average Bonchev–Trinajstić information content (AvgIpc) is 3.00. The van der Waals surface area contributed by atoms with E-state index in [1.807, 2.05) is 18.2 Å². The summed E-state index contributed by atoms with van der Waals surface area (Å²) in [5.41, 5.74) is 2.46. The first-order valence-electron chi connectivity index (χ1n) is 7.95. The molecule has 0 saturated heterocycles. The number of carbonyl (C=O) groups is 1. The Morgan fingerprint density at radius 2 is 1.88 bits per heavy atom. The molecule has 0 spiro atoms. The molecule has 3 aromatic rings. The Labute approximate surface area is 145 Å². The molecule has 128 valence electrons. The molecular weight excluding hydrogens is 318 g/mol. The van der Waals surface area contributed by atoms with E-state index < -0.39 is 0 Å². The lowest BCUT2D eigenvalue weighted by atomic mass is 10.0. The zero-order valence-electron chi connectivity index (χ0n) is 14.3. The van der Waals surface area contributed by atoms with Gasteiger partial charge in [0.1, 0.15) is 5.76 Å². The molecule has 0 aliphatic carbocycles. The molecule has 0 aliphatic heterocycles. The lowest BCUT2D eigenvalue weighted by Gasteiger charge is -2.13. The lowest BCUT2D eigenvalue weighted by Crippen LogP contribution is -2.13. The smallest absolute Gasteiger partial charge is 0.260 e. The molecule has 2 N–H and O–H groups in total. The van der Waals surface area contributed by atoms with Crippen LogP contribution in [-0.4, -0.2) is 21.0 Å². The Hall–Kier alpha value is -3.22. The molecule has 25 heavy (non-hydrogen) atoms. The Kier molecular flexibility index (Phi) is 4.74. The summed E-state index contributed by atoms with van der Waals surface area (Å²) in [5.74, 6) is 1.44. The van der Waals surface area contributed by atoms with Gasteiger partial charge in [-0.2, -0.15) is 0 Å². The number of aryl methyl sites for hydroxylation is 1. The molecule has 0 fully saturated rings. The quantitative estimate of drug-likeness (QED) is 0.733. The fourth-order valence-corrected chi connectivity index (χ4v) is 2.36. The molecule has 1 aromatic carbocycles. The van der Waals surface area contributed by atoms with Crippen LogP contribution in [0.25, 0.3) is 0 Å². The second-order valence-electron chi connectivity index (χ2n) is 5.94. The van der Waals surface area contributed by atoms with Crippen LogP contribution in [0.15, 0.2) is 47.2 Å². The number of hydrogen-bond acceptors (Lipinski definition) is 6. The normalized spacial score (nSPS) is 10.7. The fourth-order valence-electron chi connectivity index (χ4n) is 2.36. The molecule has 0 unspecified atom stereocenters. The third kappa shape index (κ3) is 4.00. The number of hydrogen-bond donors (Lipinski definition) is 2. The third-order valence-corrected chi connectivity index (χ3v) is 3.61. The molecule has 2 aromatic heterocycles. The van der Waals surface area contributed by atoms with Gasteiger partial charge in [-0.15, -0.1) is 0 Å². The first-order chi connectivity index (χ1) is 12.0. The number of carbonyl (C=O) groups excluding carboxylic acids is 1. The second kappa shape index (κ2) is 7.12. The number of rotatable bonds is 5. The van der Waals surface area contributed by atoms with Gasteiger partial charge in [0.15, 0.2) is 5.82 Å². The Morgan fingerprint density at radius 1 is 1.16 bits per heavy atom. The third-order valence-electron chi connectivity index (χ3n) is 3.61. The van der Waals surface area contributed by atoms with Crippen LogP contribution < -0.4 is 10.6 Å². The van der Waals surface area contributed by atoms with Gasteiger partial charge in [-0.25, -0.2) is 9.97 Å². The molecule has 7 nitrogen and oxygen atoms in total. The molecular formula is C18H19N5O2. The number of benzene rings is 1. The van der Waals surface area contributed by atoms with Gasteiger partial charge in [0.05, 0.1) is 5.56 Å². The van der Waals surface area contributed by atoms with Crippen molar-refractivity contribution in [3.8, 4) is 0 Å². The van der Waals surface area contributed by atoms with Crippen LogP contribution in [0, 0.1) is 6.92 Å². The summed E-state index contributed by atoms with van der Waals surface area (Å²) in [6, 6.07) is 9.63. The summed E-state index contributed by atoms with van der Waals surface area (Å²) in [7, 11) is 0. The highest BCUT2D eigenvalue weighted by Gasteiger charge is 2.11. The molecule has 0 radical (unpaired) electrons. The Morgan fingerprint density at radius 3 is 2.52 bits per heavy atom. The highest BCUT2D eigenvalue weighted by Crippen LogP contribution is 2.25. The maximum atomic E-state index is 12.1. The van der Waals surface area contributed by atoms with Crippen molar-refractivity contribution in [2.24, 2.45) is 0 Å². The van der Waals surface area contributed by atoms with E-state index in [1.165, 1.54) is 18.0 Å². The topological polar surface area (TPSA) is 92.9 Å². The van der Waals surface area contributed by atoms with Crippen LogP contribution in [0.3, 0.4) is 0 Å². The number of para-hydroxylation sites is 1. The minimum absolute atomic E-state index is 0.336. The first kappa shape index (κ1) is 16.6. The van der Waals surface area contributed by atoms with E-state index in [0.29, 0.717) is 29.0 Å². The van der Waals surface area contributed by atoms with E-state index in [-0.39, 0.29) is 5.91 Å². The minimum atomic E-state index is -0.345. The van der Waals surface area contributed by atoms with E-state index in [0.717, 1.165) is 5.69 Å². The highest BCUT2D eigenvalue weighted by atomic mass is 16.5. The van der Waals surface area contributed by atoms with E-state index in [9.17, 15) is 4.79 Å². The van der Waals surface area contributed by atoms with Crippen molar-refractivity contribution in [3.05, 3.63) is 59.6 Å². The van der Waals surface area contributed by atoms with Crippen molar-refractivity contribution in [3.63, 3.8) is 0 Å². The van der Waals surface area contributed by atoms with Crippen molar-refractivity contribution < 1.29 is 9.32 Å². The van der Waals surface area contributed by atoms with Gasteiger partial charge in [0.25, 0.3) is 5.91 Å². The molecule has 0 aliphatic rings. The van der Waals surface area contributed by atoms with E-state index in [4.69, 9.17) is 4.52 Å². The van der Waals surface area contributed by atoms with Crippen LogP contribution in [-0.2, 0) is 0 Å². The van der Waals surface area contributed by atoms with Gasteiger partial charge in [-0.3, -0.25) is 4.79 Å². The molecule has 1 amide bonds. The van der Waals surface area contributed by atoms with Gasteiger partial charge in [0.2, 0.25) is 5.95 Å². The highest BCUT2D eigenvalue weighted by molar-refractivity contribution is 6.03. The minimum Gasteiger partial charge on any atom is -0.360 e. The van der Waals surface area contributed by atoms with Crippen LogP contribution >= 0.6 is 0 Å². The Balaban J connectivity index is 1.71. The SMILES string of the molecule is Cc1cc(NC(=O)c2cnc(Nc3ccccc3C(C)C)nc2)no1.